The van der Waals surface area contributed by atoms with Gasteiger partial charge in [-0.05, 0) is 47.5 Å². The van der Waals surface area contributed by atoms with Crippen molar-refractivity contribution in [1.29, 1.82) is 0 Å². The quantitative estimate of drug-likeness (QED) is 0.725. The molecular weight excluding hydrogens is 364 g/mol. The Balaban J connectivity index is 1.70. The number of benzene rings is 2. The van der Waals surface area contributed by atoms with Crippen LogP contribution >= 0.6 is 11.6 Å². The number of hydrogen-bond acceptors (Lipinski definition) is 4. The average Bonchev–Trinajstić information content (AvgIpc) is 2.91. The molecule has 2 aromatic carbocycles. The highest BCUT2D eigenvalue weighted by Crippen LogP contribution is 2.38. The van der Waals surface area contributed by atoms with Gasteiger partial charge in [-0.2, -0.15) is 0 Å². The van der Waals surface area contributed by atoms with Crippen LogP contribution in [0.2, 0.25) is 5.02 Å². The summed E-state index contributed by atoms with van der Waals surface area (Å²) >= 11 is 6.09. The first-order valence-corrected chi connectivity index (χ1v) is 8.94. The van der Waals surface area contributed by atoms with E-state index in [-0.39, 0.29) is 11.7 Å². The number of aromatic nitrogens is 1. The first-order valence-electron chi connectivity index (χ1n) is 8.57. The normalized spacial score (nSPS) is 13.4. The number of phenolic OH excluding ortho intramolecular Hbond substituents is 1. The Labute approximate surface area is 161 Å². The maximum atomic E-state index is 12.8. The van der Waals surface area contributed by atoms with Gasteiger partial charge in [0, 0.05) is 23.3 Å². The van der Waals surface area contributed by atoms with E-state index >= 15 is 0 Å². The molecule has 1 aliphatic heterocycles. The van der Waals surface area contributed by atoms with Crippen molar-refractivity contribution in [1.82, 2.24) is 9.88 Å². The second-order valence-corrected chi connectivity index (χ2v) is 6.72. The summed E-state index contributed by atoms with van der Waals surface area (Å²) < 4.78 is 5.72. The number of fused-ring (bicyclic) bond motifs is 1. The van der Waals surface area contributed by atoms with E-state index in [9.17, 15) is 9.90 Å². The lowest BCUT2D eigenvalue weighted by Gasteiger charge is -2.19. The van der Waals surface area contributed by atoms with Crippen LogP contribution in [-0.4, -0.2) is 34.0 Å². The lowest BCUT2D eigenvalue weighted by molar-refractivity contribution is 0.0727. The molecule has 0 unspecified atom stereocenters. The molecule has 0 saturated carbocycles. The van der Waals surface area contributed by atoms with Gasteiger partial charge >= 0.3 is 0 Å². The molecule has 1 aromatic heterocycles. The van der Waals surface area contributed by atoms with Crippen molar-refractivity contribution < 1.29 is 14.6 Å². The summed E-state index contributed by atoms with van der Waals surface area (Å²) in [6, 6.07) is 16.2. The minimum Gasteiger partial charge on any atom is -0.504 e. The van der Waals surface area contributed by atoms with Crippen molar-refractivity contribution in [2.24, 2.45) is 0 Å². The fourth-order valence-corrected chi connectivity index (χ4v) is 3.35. The fourth-order valence-electron chi connectivity index (χ4n) is 3.16. The van der Waals surface area contributed by atoms with E-state index in [1.807, 2.05) is 24.3 Å². The van der Waals surface area contributed by atoms with Gasteiger partial charge in [0.2, 0.25) is 0 Å². The highest BCUT2D eigenvalue weighted by atomic mass is 35.5. The van der Waals surface area contributed by atoms with Gasteiger partial charge in [0.15, 0.2) is 11.5 Å². The van der Waals surface area contributed by atoms with E-state index in [0.717, 1.165) is 16.7 Å². The Morgan fingerprint density at radius 1 is 1.11 bits per heavy atom. The molecule has 5 nitrogen and oxygen atoms in total. The maximum absolute atomic E-state index is 12.8. The maximum Gasteiger partial charge on any atom is 0.272 e. The van der Waals surface area contributed by atoms with Gasteiger partial charge in [-0.1, -0.05) is 29.8 Å². The predicted molar refractivity (Wildman–Crippen MR) is 103 cm³/mol. The molecular formula is C21H17ClN2O3. The number of nitrogens with zero attached hydrogens (tertiary/aromatic N) is 2. The van der Waals surface area contributed by atoms with Gasteiger partial charge in [0.05, 0.1) is 6.54 Å². The van der Waals surface area contributed by atoms with E-state index in [1.165, 1.54) is 0 Å². The summed E-state index contributed by atoms with van der Waals surface area (Å²) in [5.41, 5.74) is 2.82. The third-order valence-corrected chi connectivity index (χ3v) is 4.68. The first kappa shape index (κ1) is 17.4. The monoisotopic (exact) mass is 380 g/mol. The summed E-state index contributed by atoms with van der Waals surface area (Å²) in [5.74, 6) is 0.298. The first-order chi connectivity index (χ1) is 13.1. The molecule has 2 heterocycles. The van der Waals surface area contributed by atoms with Crippen molar-refractivity contribution in [3.8, 4) is 22.6 Å². The van der Waals surface area contributed by atoms with Crippen LogP contribution in [0.4, 0.5) is 0 Å². The van der Waals surface area contributed by atoms with Gasteiger partial charge in [-0.3, -0.25) is 9.78 Å². The van der Waals surface area contributed by atoms with E-state index < -0.39 is 0 Å². The standard InChI is InChI=1S/C21H17ClN2O3/c22-17-5-3-4-14(11-17)15-10-16-13-24(8-9-27-20(16)19(25)12-15)21(26)18-6-1-2-7-23-18/h1-7,10-12,25H,8-9,13H2. The molecule has 27 heavy (non-hydrogen) atoms. The Morgan fingerprint density at radius 2 is 2.00 bits per heavy atom. The number of ether oxygens (including phenoxy) is 1. The molecule has 0 fully saturated rings. The molecule has 136 valence electrons. The van der Waals surface area contributed by atoms with Crippen LogP contribution in [0.15, 0.2) is 60.8 Å². The third kappa shape index (κ3) is 3.59. The lowest BCUT2D eigenvalue weighted by atomic mass is 10.0. The van der Waals surface area contributed by atoms with Crippen molar-refractivity contribution in [2.45, 2.75) is 6.54 Å². The Bertz CT molecular complexity index is 992. The predicted octanol–water partition coefficient (Wildman–Crippen LogP) is 4.14. The van der Waals surface area contributed by atoms with E-state index in [0.29, 0.717) is 36.2 Å². The van der Waals surface area contributed by atoms with Crippen LogP contribution in [0.1, 0.15) is 16.1 Å². The summed E-state index contributed by atoms with van der Waals surface area (Å²) in [4.78, 5) is 18.6. The number of rotatable bonds is 2. The molecule has 0 saturated heterocycles. The topological polar surface area (TPSA) is 62.7 Å². The zero-order chi connectivity index (χ0) is 18.8. The second kappa shape index (κ2) is 7.29. The molecule has 4 rings (SSSR count). The summed E-state index contributed by atoms with van der Waals surface area (Å²) in [6.45, 7) is 1.04. The Hall–Kier alpha value is -3.05. The fraction of sp³-hybridized carbons (Fsp3) is 0.143. The minimum absolute atomic E-state index is 0.0506. The van der Waals surface area contributed by atoms with Crippen molar-refractivity contribution in [3.63, 3.8) is 0 Å². The number of phenols is 1. The van der Waals surface area contributed by atoms with E-state index in [4.69, 9.17) is 16.3 Å². The van der Waals surface area contributed by atoms with Crippen LogP contribution in [0.5, 0.6) is 11.5 Å². The molecule has 0 aliphatic carbocycles. The Kier molecular flexibility index (Phi) is 4.69. The average molecular weight is 381 g/mol. The number of aromatic hydroxyl groups is 1. The number of pyridine rings is 1. The zero-order valence-electron chi connectivity index (χ0n) is 14.4. The van der Waals surface area contributed by atoms with Gasteiger partial charge < -0.3 is 14.7 Å². The minimum atomic E-state index is -0.167. The number of hydrogen-bond donors (Lipinski definition) is 1. The van der Waals surface area contributed by atoms with E-state index in [1.54, 1.807) is 41.4 Å². The zero-order valence-corrected chi connectivity index (χ0v) is 15.2. The molecule has 3 aromatic rings. The number of amides is 1. The van der Waals surface area contributed by atoms with Crippen LogP contribution in [0, 0.1) is 0 Å². The van der Waals surface area contributed by atoms with Crippen LogP contribution in [0.3, 0.4) is 0 Å². The number of carbonyl (C=O) groups excluding carboxylic acids is 1. The van der Waals surface area contributed by atoms with Gasteiger partial charge in [-0.25, -0.2) is 0 Å². The molecule has 1 N–H and O–H groups in total. The molecule has 0 spiro atoms. The summed E-state index contributed by atoms with van der Waals surface area (Å²) in [7, 11) is 0. The van der Waals surface area contributed by atoms with Crippen molar-refractivity contribution in [2.75, 3.05) is 13.2 Å². The molecule has 6 heteroatoms. The van der Waals surface area contributed by atoms with Crippen LogP contribution in [0.25, 0.3) is 11.1 Å². The largest absolute Gasteiger partial charge is 0.504 e. The number of carbonyl (C=O) groups is 1. The third-order valence-electron chi connectivity index (χ3n) is 4.44. The lowest BCUT2D eigenvalue weighted by Crippen LogP contribution is -2.32. The highest BCUT2D eigenvalue weighted by molar-refractivity contribution is 6.30. The molecule has 0 atom stereocenters. The van der Waals surface area contributed by atoms with Crippen molar-refractivity contribution in [3.05, 3.63) is 77.1 Å². The molecule has 1 amide bonds. The molecule has 1 aliphatic rings. The highest BCUT2D eigenvalue weighted by Gasteiger charge is 2.24. The SMILES string of the molecule is O=C(c1ccccn1)N1CCOc2c(O)cc(-c3cccc(Cl)c3)cc2C1. The van der Waals surface area contributed by atoms with Crippen molar-refractivity contribution >= 4 is 17.5 Å². The second-order valence-electron chi connectivity index (χ2n) is 6.28. The van der Waals surface area contributed by atoms with Gasteiger partial charge in [0.25, 0.3) is 5.91 Å². The Morgan fingerprint density at radius 3 is 2.78 bits per heavy atom. The molecule has 0 bridgehead atoms. The molecule has 0 radical (unpaired) electrons. The number of halogens is 1. The summed E-state index contributed by atoms with van der Waals surface area (Å²) in [5, 5.41) is 11.1. The van der Waals surface area contributed by atoms with E-state index in [2.05, 4.69) is 4.98 Å². The van der Waals surface area contributed by atoms with Crippen LogP contribution in [-0.2, 0) is 6.54 Å². The smallest absolute Gasteiger partial charge is 0.272 e. The van der Waals surface area contributed by atoms with Gasteiger partial charge in [-0.15, -0.1) is 0 Å². The van der Waals surface area contributed by atoms with Crippen LogP contribution < -0.4 is 4.74 Å². The summed E-state index contributed by atoms with van der Waals surface area (Å²) in [6.07, 6.45) is 1.60. The van der Waals surface area contributed by atoms with Gasteiger partial charge in [0.1, 0.15) is 12.3 Å².